The number of benzene rings is 1. The highest BCUT2D eigenvalue weighted by Gasteiger charge is 2.15. The molecule has 0 radical (unpaired) electrons. The molecule has 1 rings (SSSR count). The van der Waals surface area contributed by atoms with Crippen molar-refractivity contribution >= 4 is 38.5 Å². The zero-order valence-electron chi connectivity index (χ0n) is 6.24. The van der Waals surface area contributed by atoms with Gasteiger partial charge in [-0.3, -0.25) is 0 Å². The molecule has 0 unspecified atom stereocenters. The highest BCUT2D eigenvalue weighted by Crippen LogP contribution is 2.32. The number of hydrogen-bond acceptors (Lipinski definition) is 0. The monoisotopic (exact) mass is 346 g/mol. The maximum Gasteiger partial charge on any atom is 0.265 e. The van der Waals surface area contributed by atoms with Crippen LogP contribution in [0.4, 0.5) is 8.78 Å². The zero-order valence-corrected chi connectivity index (χ0v) is 9.99. The SMILES string of the molecule is Cc1ccc(Br)c(I)c1C(F)F. The van der Waals surface area contributed by atoms with E-state index in [9.17, 15) is 8.78 Å². The smallest absolute Gasteiger partial charge is 0.205 e. The van der Waals surface area contributed by atoms with Crippen LogP contribution in [-0.4, -0.2) is 0 Å². The molecule has 1 aromatic carbocycles. The van der Waals surface area contributed by atoms with Gasteiger partial charge in [0.1, 0.15) is 0 Å². The number of aryl methyl sites for hydroxylation is 1. The van der Waals surface area contributed by atoms with Crippen molar-refractivity contribution in [1.82, 2.24) is 0 Å². The van der Waals surface area contributed by atoms with Gasteiger partial charge in [-0.1, -0.05) is 6.07 Å². The van der Waals surface area contributed by atoms with E-state index in [0.29, 0.717) is 9.13 Å². The molecular weight excluding hydrogens is 341 g/mol. The van der Waals surface area contributed by atoms with Crippen LogP contribution >= 0.6 is 38.5 Å². The molecule has 4 heteroatoms. The maximum absolute atomic E-state index is 12.4. The van der Waals surface area contributed by atoms with E-state index in [1.807, 2.05) is 22.6 Å². The van der Waals surface area contributed by atoms with Gasteiger partial charge in [-0.2, -0.15) is 0 Å². The molecule has 0 N–H and O–H groups in total. The normalized spacial score (nSPS) is 10.8. The minimum absolute atomic E-state index is 0.130. The summed E-state index contributed by atoms with van der Waals surface area (Å²) < 4.78 is 26.2. The Morgan fingerprint density at radius 3 is 2.42 bits per heavy atom. The molecule has 0 nitrogen and oxygen atoms in total. The first kappa shape index (κ1) is 10.4. The molecule has 0 aliphatic heterocycles. The quantitative estimate of drug-likeness (QED) is 0.665. The molecule has 0 aliphatic carbocycles. The van der Waals surface area contributed by atoms with Crippen LogP contribution in [0.25, 0.3) is 0 Å². The second-order valence-electron chi connectivity index (χ2n) is 2.39. The summed E-state index contributed by atoms with van der Waals surface area (Å²) in [5, 5.41) is 0. The van der Waals surface area contributed by atoms with E-state index in [1.165, 1.54) is 0 Å². The Bertz CT molecular complexity index is 299. The van der Waals surface area contributed by atoms with Crippen LogP contribution in [0.1, 0.15) is 17.6 Å². The zero-order chi connectivity index (χ0) is 9.30. The summed E-state index contributed by atoms with van der Waals surface area (Å²) in [5.41, 5.74) is 0.766. The van der Waals surface area contributed by atoms with Gasteiger partial charge in [-0.05, 0) is 57.1 Å². The lowest BCUT2D eigenvalue weighted by Crippen LogP contribution is -1.94. The van der Waals surface area contributed by atoms with E-state index >= 15 is 0 Å². The molecule has 0 aliphatic rings. The highest BCUT2D eigenvalue weighted by molar-refractivity contribution is 14.1. The Balaban J connectivity index is 3.33. The second-order valence-corrected chi connectivity index (χ2v) is 4.33. The number of hydrogen-bond donors (Lipinski definition) is 0. The van der Waals surface area contributed by atoms with Crippen molar-refractivity contribution in [3.63, 3.8) is 0 Å². The Kier molecular flexibility index (Phi) is 3.46. The molecule has 0 amide bonds. The predicted molar refractivity (Wildman–Crippen MR) is 56.6 cm³/mol. The second kappa shape index (κ2) is 4.00. The molecule has 1 aromatic rings. The summed E-state index contributed by atoms with van der Waals surface area (Å²) in [4.78, 5) is 0. The Morgan fingerprint density at radius 1 is 1.42 bits per heavy atom. The molecule has 0 atom stereocenters. The van der Waals surface area contributed by atoms with Crippen LogP contribution in [0.15, 0.2) is 16.6 Å². The van der Waals surface area contributed by atoms with E-state index in [1.54, 1.807) is 19.1 Å². The lowest BCUT2D eigenvalue weighted by molar-refractivity contribution is 0.149. The van der Waals surface area contributed by atoms with Crippen LogP contribution in [0.3, 0.4) is 0 Å². The number of halogens is 4. The van der Waals surface area contributed by atoms with Gasteiger partial charge in [0.15, 0.2) is 0 Å². The van der Waals surface area contributed by atoms with Crippen LogP contribution in [0.2, 0.25) is 0 Å². The first-order valence-corrected chi connectivity index (χ1v) is 5.14. The molecule has 0 saturated heterocycles. The molecular formula is C8H6BrF2I. The number of rotatable bonds is 1. The number of alkyl halides is 2. The molecule has 0 aromatic heterocycles. The van der Waals surface area contributed by atoms with Gasteiger partial charge in [0.25, 0.3) is 6.43 Å². The Labute approximate surface area is 91.6 Å². The topological polar surface area (TPSA) is 0 Å². The van der Waals surface area contributed by atoms with Gasteiger partial charge in [0, 0.05) is 13.6 Å². The van der Waals surface area contributed by atoms with Crippen molar-refractivity contribution in [2.45, 2.75) is 13.3 Å². The molecule has 66 valence electrons. The van der Waals surface area contributed by atoms with Crippen molar-refractivity contribution in [2.75, 3.05) is 0 Å². The largest absolute Gasteiger partial charge is 0.265 e. The predicted octanol–water partition coefficient (Wildman–Crippen LogP) is 4.30. The summed E-state index contributed by atoms with van der Waals surface area (Å²) in [5.74, 6) is 0. The van der Waals surface area contributed by atoms with Crippen molar-refractivity contribution in [3.05, 3.63) is 31.3 Å². The van der Waals surface area contributed by atoms with Crippen molar-refractivity contribution < 1.29 is 8.78 Å². The van der Waals surface area contributed by atoms with Crippen molar-refractivity contribution in [2.24, 2.45) is 0 Å². The van der Waals surface area contributed by atoms with Crippen LogP contribution in [0.5, 0.6) is 0 Å². The van der Waals surface area contributed by atoms with E-state index in [-0.39, 0.29) is 5.56 Å². The van der Waals surface area contributed by atoms with Gasteiger partial charge in [0.2, 0.25) is 0 Å². The molecule has 0 spiro atoms. The first-order chi connectivity index (χ1) is 5.54. The molecule has 0 bridgehead atoms. The minimum Gasteiger partial charge on any atom is -0.205 e. The third-order valence-corrected chi connectivity index (χ3v) is 4.13. The average Bonchev–Trinajstić information content (AvgIpc) is 1.97. The fourth-order valence-electron chi connectivity index (χ4n) is 0.931. The summed E-state index contributed by atoms with van der Waals surface area (Å²) in [6.07, 6.45) is -2.39. The van der Waals surface area contributed by atoms with Crippen molar-refractivity contribution in [1.29, 1.82) is 0 Å². The molecule has 0 heterocycles. The van der Waals surface area contributed by atoms with Crippen LogP contribution in [-0.2, 0) is 0 Å². The van der Waals surface area contributed by atoms with E-state index in [2.05, 4.69) is 15.9 Å². The summed E-state index contributed by atoms with van der Waals surface area (Å²) >= 11 is 5.13. The minimum atomic E-state index is -2.39. The standard InChI is InChI=1S/C8H6BrF2I/c1-4-2-3-5(9)7(12)6(4)8(10)11/h2-3,8H,1H3. The fraction of sp³-hybridized carbons (Fsp3) is 0.250. The Morgan fingerprint density at radius 2 is 2.00 bits per heavy atom. The highest BCUT2D eigenvalue weighted by atomic mass is 127. The molecule has 0 fully saturated rings. The fourth-order valence-corrected chi connectivity index (χ4v) is 2.12. The summed E-state index contributed by atoms with van der Waals surface area (Å²) in [6.45, 7) is 1.69. The lowest BCUT2D eigenvalue weighted by atomic mass is 10.1. The van der Waals surface area contributed by atoms with Gasteiger partial charge in [-0.15, -0.1) is 0 Å². The van der Waals surface area contributed by atoms with Gasteiger partial charge in [-0.25, -0.2) is 8.78 Å². The lowest BCUT2D eigenvalue weighted by Gasteiger charge is -2.08. The van der Waals surface area contributed by atoms with Gasteiger partial charge >= 0.3 is 0 Å². The van der Waals surface area contributed by atoms with Crippen molar-refractivity contribution in [3.8, 4) is 0 Å². The van der Waals surface area contributed by atoms with E-state index in [4.69, 9.17) is 0 Å². The molecule has 0 saturated carbocycles. The average molecular weight is 347 g/mol. The third kappa shape index (κ3) is 1.96. The van der Waals surface area contributed by atoms with E-state index < -0.39 is 6.43 Å². The summed E-state index contributed by atoms with van der Waals surface area (Å²) in [7, 11) is 0. The first-order valence-electron chi connectivity index (χ1n) is 3.26. The van der Waals surface area contributed by atoms with Crippen LogP contribution < -0.4 is 0 Å². The summed E-state index contributed by atoms with van der Waals surface area (Å²) in [6, 6.07) is 3.47. The Hall–Kier alpha value is 0.290. The third-order valence-electron chi connectivity index (χ3n) is 1.57. The molecule has 12 heavy (non-hydrogen) atoms. The van der Waals surface area contributed by atoms with E-state index in [0.717, 1.165) is 4.47 Å². The van der Waals surface area contributed by atoms with Gasteiger partial charge in [0.05, 0.1) is 0 Å². The van der Waals surface area contributed by atoms with Crippen LogP contribution in [0, 0.1) is 10.5 Å². The maximum atomic E-state index is 12.4. The van der Waals surface area contributed by atoms with Gasteiger partial charge < -0.3 is 0 Å².